The Morgan fingerprint density at radius 3 is 2.36 bits per heavy atom. The lowest BCUT2D eigenvalue weighted by molar-refractivity contribution is -0.121. The summed E-state index contributed by atoms with van der Waals surface area (Å²) in [6, 6.07) is 15.2. The number of hydrogen-bond acceptors (Lipinski definition) is 5. The van der Waals surface area contributed by atoms with Gasteiger partial charge in [0.25, 0.3) is 10.0 Å². The van der Waals surface area contributed by atoms with Crippen molar-refractivity contribution < 1.29 is 18.0 Å². The number of anilines is 2. The summed E-state index contributed by atoms with van der Waals surface area (Å²) in [5.74, 6) is 0.0327. The van der Waals surface area contributed by atoms with Gasteiger partial charge in [-0.05, 0) is 49.6 Å². The minimum absolute atomic E-state index is 0.0716. The van der Waals surface area contributed by atoms with E-state index in [1.807, 2.05) is 30.3 Å². The zero-order valence-corrected chi connectivity index (χ0v) is 19.0. The number of nitrogens with one attached hydrogen (secondary N) is 3. The maximum Gasteiger partial charge on any atom is 0.321 e. The molecule has 2 heterocycles. The summed E-state index contributed by atoms with van der Waals surface area (Å²) in [7, 11) is -3.75. The van der Waals surface area contributed by atoms with Crippen molar-refractivity contribution in [1.82, 2.24) is 9.62 Å². The minimum atomic E-state index is -3.75. The molecule has 0 aliphatic carbocycles. The van der Waals surface area contributed by atoms with Gasteiger partial charge in [-0.25, -0.2) is 13.2 Å². The first-order valence-corrected chi connectivity index (χ1v) is 12.5. The van der Waals surface area contributed by atoms with E-state index in [4.69, 9.17) is 0 Å². The Morgan fingerprint density at radius 1 is 0.939 bits per heavy atom. The highest BCUT2D eigenvalue weighted by Crippen LogP contribution is 2.22. The van der Waals surface area contributed by atoms with E-state index >= 15 is 0 Å². The van der Waals surface area contributed by atoms with Crippen LogP contribution in [-0.2, 0) is 14.8 Å². The molecule has 4 rings (SSSR count). The van der Waals surface area contributed by atoms with Crippen molar-refractivity contribution >= 4 is 39.2 Å². The van der Waals surface area contributed by atoms with Crippen LogP contribution in [0.5, 0.6) is 0 Å². The number of carbonyl (C=O) groups is 2. The molecule has 0 aromatic heterocycles. The number of urea groups is 1. The molecule has 2 aromatic carbocycles. The van der Waals surface area contributed by atoms with Crippen LogP contribution < -0.4 is 15.4 Å². The number of hydrogen-bond donors (Lipinski definition) is 3. The number of amides is 3. The molecule has 2 aliphatic rings. The standard InChI is InChI=1S/C23H27N5O4S/c29-22(17-11-14-28(15-12-17)23(30)26-18-6-2-1-3-7-18)25-19-8-4-9-20(16-19)33(31,32)27-21-10-5-13-24-21/h1-4,6-9,16-17H,5,10-15H2,(H,24,27)(H,25,29)(H,26,30). The summed E-state index contributed by atoms with van der Waals surface area (Å²) in [4.78, 5) is 31.1. The molecule has 1 saturated heterocycles. The molecule has 0 spiro atoms. The quantitative estimate of drug-likeness (QED) is 0.623. The summed E-state index contributed by atoms with van der Waals surface area (Å²) < 4.78 is 27.7. The monoisotopic (exact) mass is 469 g/mol. The van der Waals surface area contributed by atoms with E-state index in [0.717, 1.165) is 12.1 Å². The van der Waals surface area contributed by atoms with Crippen molar-refractivity contribution in [2.24, 2.45) is 10.9 Å². The van der Waals surface area contributed by atoms with E-state index in [9.17, 15) is 18.0 Å². The lowest BCUT2D eigenvalue weighted by atomic mass is 9.96. The van der Waals surface area contributed by atoms with Crippen molar-refractivity contribution in [2.45, 2.75) is 30.6 Å². The van der Waals surface area contributed by atoms with Gasteiger partial charge in [-0.1, -0.05) is 24.3 Å². The highest BCUT2D eigenvalue weighted by atomic mass is 32.2. The Morgan fingerprint density at radius 2 is 1.67 bits per heavy atom. The maximum absolute atomic E-state index is 12.8. The SMILES string of the molecule is O=C(Nc1cccc(S(=O)(=O)NC2=NCCC2)c1)C1CCN(C(=O)Nc2ccccc2)CC1. The maximum atomic E-state index is 12.8. The average Bonchev–Trinajstić information content (AvgIpc) is 3.32. The molecule has 0 radical (unpaired) electrons. The second-order valence-corrected chi connectivity index (χ2v) is 9.79. The van der Waals surface area contributed by atoms with Crippen molar-refractivity contribution in [3.05, 3.63) is 54.6 Å². The molecule has 174 valence electrons. The number of carbonyl (C=O) groups excluding carboxylic acids is 2. The number of para-hydroxylation sites is 1. The molecule has 2 aliphatic heterocycles. The van der Waals surface area contributed by atoms with E-state index in [1.54, 1.807) is 17.0 Å². The van der Waals surface area contributed by atoms with Crippen LogP contribution in [0.25, 0.3) is 0 Å². The summed E-state index contributed by atoms with van der Waals surface area (Å²) in [6.45, 7) is 1.56. The van der Waals surface area contributed by atoms with E-state index in [1.165, 1.54) is 12.1 Å². The van der Waals surface area contributed by atoms with Gasteiger partial charge < -0.3 is 15.5 Å². The molecule has 10 heteroatoms. The first-order valence-electron chi connectivity index (χ1n) is 11.0. The van der Waals surface area contributed by atoms with Crippen LogP contribution >= 0.6 is 0 Å². The lowest BCUT2D eigenvalue weighted by Crippen LogP contribution is -2.43. The molecule has 3 N–H and O–H groups in total. The van der Waals surface area contributed by atoms with Gasteiger partial charge in [-0.3, -0.25) is 14.5 Å². The van der Waals surface area contributed by atoms with E-state index in [2.05, 4.69) is 20.3 Å². The van der Waals surface area contributed by atoms with Gasteiger partial charge in [0.15, 0.2) is 0 Å². The fourth-order valence-corrected chi connectivity index (χ4v) is 5.03. The molecule has 3 amide bonds. The number of piperidine rings is 1. The molecule has 1 fully saturated rings. The highest BCUT2D eigenvalue weighted by molar-refractivity contribution is 7.90. The number of benzene rings is 2. The third kappa shape index (κ3) is 5.89. The Labute approximate surface area is 193 Å². The third-order valence-corrected chi connectivity index (χ3v) is 7.10. The summed E-state index contributed by atoms with van der Waals surface area (Å²) in [6.07, 6.45) is 2.51. The molecule has 0 atom stereocenters. The third-order valence-electron chi connectivity index (χ3n) is 5.72. The molecule has 0 saturated carbocycles. The molecular weight excluding hydrogens is 442 g/mol. The van der Waals surface area contributed by atoms with Gasteiger partial charge in [-0.15, -0.1) is 0 Å². The summed E-state index contributed by atoms with van der Waals surface area (Å²) in [5.41, 5.74) is 1.15. The Balaban J connectivity index is 1.31. The molecule has 0 unspecified atom stereocenters. The van der Waals surface area contributed by atoms with Crippen molar-refractivity contribution in [1.29, 1.82) is 0 Å². The van der Waals surface area contributed by atoms with Crippen molar-refractivity contribution in [3.63, 3.8) is 0 Å². The van der Waals surface area contributed by atoms with E-state index in [0.29, 0.717) is 50.4 Å². The number of amidine groups is 1. The van der Waals surface area contributed by atoms with Gasteiger partial charge in [0.05, 0.1) is 4.90 Å². The van der Waals surface area contributed by atoms with Crippen LogP contribution in [-0.4, -0.2) is 50.7 Å². The van der Waals surface area contributed by atoms with Crippen LogP contribution in [0.1, 0.15) is 25.7 Å². The van der Waals surface area contributed by atoms with E-state index < -0.39 is 10.0 Å². The van der Waals surface area contributed by atoms with Gasteiger partial charge in [-0.2, -0.15) is 0 Å². The lowest BCUT2D eigenvalue weighted by Gasteiger charge is -2.31. The average molecular weight is 470 g/mol. The molecule has 33 heavy (non-hydrogen) atoms. The molecular formula is C23H27N5O4S. The zero-order chi connectivity index (χ0) is 23.3. The minimum Gasteiger partial charge on any atom is -0.326 e. The second kappa shape index (κ2) is 10.0. The van der Waals surface area contributed by atoms with Crippen molar-refractivity contribution in [3.8, 4) is 0 Å². The van der Waals surface area contributed by atoms with Crippen LogP contribution in [0.15, 0.2) is 64.5 Å². The summed E-state index contributed by atoms with van der Waals surface area (Å²) >= 11 is 0. The largest absolute Gasteiger partial charge is 0.326 e. The molecule has 0 bridgehead atoms. The fraction of sp³-hybridized carbons (Fsp3) is 0.348. The Bertz CT molecular complexity index is 1140. The van der Waals surface area contributed by atoms with Gasteiger partial charge in [0, 0.05) is 43.3 Å². The predicted molar refractivity (Wildman–Crippen MR) is 127 cm³/mol. The van der Waals surface area contributed by atoms with Gasteiger partial charge in [0.1, 0.15) is 5.84 Å². The topological polar surface area (TPSA) is 120 Å². The number of nitrogens with zero attached hydrogens (tertiary/aromatic N) is 2. The summed E-state index contributed by atoms with van der Waals surface area (Å²) in [5, 5.41) is 5.68. The number of sulfonamides is 1. The van der Waals surface area contributed by atoms with Gasteiger partial charge in [0.2, 0.25) is 5.91 Å². The highest BCUT2D eigenvalue weighted by Gasteiger charge is 2.28. The van der Waals surface area contributed by atoms with Crippen LogP contribution in [0.4, 0.5) is 16.2 Å². The first kappa shape index (κ1) is 22.8. The number of likely N-dealkylation sites (tertiary alicyclic amines) is 1. The smallest absolute Gasteiger partial charge is 0.321 e. The number of aliphatic imine (C=N–C) groups is 1. The van der Waals surface area contributed by atoms with Crippen LogP contribution in [0.3, 0.4) is 0 Å². The Kier molecular flexibility index (Phi) is 6.93. The van der Waals surface area contributed by atoms with Crippen LogP contribution in [0.2, 0.25) is 0 Å². The van der Waals surface area contributed by atoms with E-state index in [-0.39, 0.29) is 22.8 Å². The van der Waals surface area contributed by atoms with Gasteiger partial charge >= 0.3 is 6.03 Å². The van der Waals surface area contributed by atoms with Crippen LogP contribution in [0, 0.1) is 5.92 Å². The molecule has 2 aromatic rings. The fourth-order valence-electron chi connectivity index (χ4n) is 3.89. The normalized spacial score (nSPS) is 16.7. The Hall–Kier alpha value is -3.40. The number of rotatable bonds is 5. The first-order chi connectivity index (χ1) is 15.9. The van der Waals surface area contributed by atoms with Crippen molar-refractivity contribution in [2.75, 3.05) is 30.3 Å². The molecule has 9 nitrogen and oxygen atoms in total. The second-order valence-electron chi connectivity index (χ2n) is 8.11. The predicted octanol–water partition coefficient (Wildman–Crippen LogP) is 3.04. The zero-order valence-electron chi connectivity index (χ0n) is 18.2.